The minimum atomic E-state index is -0.135. The number of hydrogen-bond acceptors (Lipinski definition) is 1. The lowest BCUT2D eigenvalue weighted by molar-refractivity contribution is 0.662. The van der Waals surface area contributed by atoms with E-state index in [1.165, 1.54) is 93.3 Å². The molecule has 0 spiro atoms. The number of para-hydroxylation sites is 1. The average molecular weight is 678 g/mol. The summed E-state index contributed by atoms with van der Waals surface area (Å²) >= 11 is 0. The summed E-state index contributed by atoms with van der Waals surface area (Å²) < 4.78 is 0. The molecule has 252 valence electrons. The van der Waals surface area contributed by atoms with E-state index in [1.54, 1.807) is 0 Å². The van der Waals surface area contributed by atoms with Gasteiger partial charge in [-0.05, 0) is 137 Å². The first kappa shape index (κ1) is 30.4. The quantitative estimate of drug-likeness (QED) is 0.180. The number of hydrogen-bond donors (Lipinski definition) is 0. The molecule has 11 rings (SSSR count). The second-order valence-electron chi connectivity index (χ2n) is 16.2. The van der Waals surface area contributed by atoms with Gasteiger partial charge in [-0.1, -0.05) is 137 Å². The molecule has 0 bridgehead atoms. The van der Waals surface area contributed by atoms with Gasteiger partial charge in [0.15, 0.2) is 0 Å². The zero-order valence-electron chi connectivity index (χ0n) is 30.5. The summed E-state index contributed by atoms with van der Waals surface area (Å²) in [5.74, 6) is 0. The fourth-order valence-electron chi connectivity index (χ4n) is 9.92. The second kappa shape index (κ2) is 10.7. The predicted octanol–water partition coefficient (Wildman–Crippen LogP) is 14.4. The molecular weight excluding hydrogens is 639 g/mol. The van der Waals surface area contributed by atoms with Crippen molar-refractivity contribution in [3.05, 3.63) is 186 Å². The number of benzene rings is 9. The first-order chi connectivity index (χ1) is 25.8. The molecule has 9 aromatic carbocycles. The normalized spacial score (nSPS) is 14.7. The lowest BCUT2D eigenvalue weighted by atomic mass is 9.79. The van der Waals surface area contributed by atoms with Crippen LogP contribution >= 0.6 is 0 Å². The molecule has 0 radical (unpaired) electrons. The zero-order chi connectivity index (χ0) is 35.6. The van der Waals surface area contributed by atoms with Crippen molar-refractivity contribution >= 4 is 60.2 Å². The predicted molar refractivity (Wildman–Crippen MR) is 226 cm³/mol. The molecule has 0 aliphatic heterocycles. The van der Waals surface area contributed by atoms with E-state index in [0.29, 0.717) is 0 Å². The van der Waals surface area contributed by atoms with Crippen molar-refractivity contribution in [2.45, 2.75) is 38.5 Å². The molecule has 53 heavy (non-hydrogen) atoms. The van der Waals surface area contributed by atoms with E-state index < -0.39 is 0 Å². The summed E-state index contributed by atoms with van der Waals surface area (Å²) in [7, 11) is 0. The Kier molecular flexibility index (Phi) is 6.14. The largest absolute Gasteiger partial charge is 0.310 e. The van der Waals surface area contributed by atoms with Gasteiger partial charge in [-0.25, -0.2) is 0 Å². The SMILES string of the molecule is CC1(C)c2cc3ccccc3cc2-c2cc3ccc(N(c4ccccc4)c4cc5c(c6ccccc46)C(C)(C)c4ccc6ccccc6c4-5)cc3cc21. The van der Waals surface area contributed by atoms with Crippen LogP contribution in [0, 0.1) is 0 Å². The lowest BCUT2D eigenvalue weighted by Gasteiger charge is -2.30. The van der Waals surface area contributed by atoms with Gasteiger partial charge in [-0.3, -0.25) is 0 Å². The molecule has 0 amide bonds. The maximum absolute atomic E-state index is 2.49. The molecule has 1 heteroatoms. The molecule has 0 unspecified atom stereocenters. The number of nitrogens with zero attached hydrogens (tertiary/aromatic N) is 1. The van der Waals surface area contributed by atoms with Crippen LogP contribution in [0.5, 0.6) is 0 Å². The molecule has 0 N–H and O–H groups in total. The van der Waals surface area contributed by atoms with E-state index >= 15 is 0 Å². The van der Waals surface area contributed by atoms with Crippen LogP contribution in [-0.2, 0) is 10.8 Å². The van der Waals surface area contributed by atoms with Crippen LogP contribution in [0.15, 0.2) is 164 Å². The number of rotatable bonds is 3. The highest BCUT2D eigenvalue weighted by Gasteiger charge is 2.39. The van der Waals surface area contributed by atoms with Crippen molar-refractivity contribution < 1.29 is 0 Å². The Bertz CT molecular complexity index is 3000. The van der Waals surface area contributed by atoms with E-state index in [4.69, 9.17) is 0 Å². The van der Waals surface area contributed by atoms with E-state index in [0.717, 1.165) is 11.4 Å². The Morgan fingerprint density at radius 3 is 1.66 bits per heavy atom. The Hall–Kier alpha value is -6.18. The van der Waals surface area contributed by atoms with Gasteiger partial charge in [0.1, 0.15) is 0 Å². The average Bonchev–Trinajstić information content (AvgIpc) is 3.55. The van der Waals surface area contributed by atoms with Crippen molar-refractivity contribution in [3.63, 3.8) is 0 Å². The molecule has 0 atom stereocenters. The fourth-order valence-corrected chi connectivity index (χ4v) is 9.92. The van der Waals surface area contributed by atoms with Crippen LogP contribution in [0.25, 0.3) is 65.3 Å². The minimum absolute atomic E-state index is 0.100. The summed E-state index contributed by atoms with van der Waals surface area (Å²) in [5, 5.41) is 10.3. The molecule has 0 fully saturated rings. The summed E-state index contributed by atoms with van der Waals surface area (Å²) in [6.07, 6.45) is 0. The number of anilines is 3. The summed E-state index contributed by atoms with van der Waals surface area (Å²) in [4.78, 5) is 2.48. The Balaban J connectivity index is 1.16. The maximum atomic E-state index is 2.49. The fraction of sp³-hybridized carbons (Fsp3) is 0.115. The van der Waals surface area contributed by atoms with Crippen molar-refractivity contribution in [3.8, 4) is 22.3 Å². The molecule has 2 aliphatic carbocycles. The standard InChI is InChI=1S/C52H39N/c1-51(2)46-29-34-16-9-8-15-33(34)27-42(46)43-28-35-22-24-38(26-36(35)30-47(43)51)53(37-17-6-5-7-18-37)48-31-44-49-39-19-11-10-14-32(39)23-25-45(49)52(3,4)50(44)41-21-13-12-20-40(41)48/h5-31H,1-4H3. The van der Waals surface area contributed by atoms with Crippen LogP contribution in [-0.4, -0.2) is 0 Å². The highest BCUT2D eigenvalue weighted by Crippen LogP contribution is 2.57. The topological polar surface area (TPSA) is 3.24 Å². The molecule has 2 aliphatic rings. The van der Waals surface area contributed by atoms with Gasteiger partial charge in [0.2, 0.25) is 0 Å². The van der Waals surface area contributed by atoms with E-state index in [-0.39, 0.29) is 10.8 Å². The maximum Gasteiger partial charge on any atom is 0.0546 e. The summed E-state index contributed by atoms with van der Waals surface area (Å²) in [6, 6.07) is 61.5. The Morgan fingerprint density at radius 1 is 0.358 bits per heavy atom. The molecule has 0 aromatic heterocycles. The van der Waals surface area contributed by atoms with Crippen LogP contribution < -0.4 is 4.90 Å². The van der Waals surface area contributed by atoms with Crippen molar-refractivity contribution in [1.29, 1.82) is 0 Å². The molecule has 9 aromatic rings. The monoisotopic (exact) mass is 677 g/mol. The number of fused-ring (bicyclic) bond motifs is 12. The Labute approximate surface area is 310 Å². The highest BCUT2D eigenvalue weighted by molar-refractivity contribution is 6.12. The summed E-state index contributed by atoms with van der Waals surface area (Å²) in [6.45, 7) is 9.58. The van der Waals surface area contributed by atoms with Crippen molar-refractivity contribution in [2.24, 2.45) is 0 Å². The van der Waals surface area contributed by atoms with Gasteiger partial charge in [0, 0.05) is 27.6 Å². The van der Waals surface area contributed by atoms with Gasteiger partial charge in [-0.2, -0.15) is 0 Å². The van der Waals surface area contributed by atoms with Gasteiger partial charge < -0.3 is 4.90 Å². The minimum Gasteiger partial charge on any atom is -0.310 e. The molecule has 1 nitrogen and oxygen atoms in total. The zero-order valence-corrected chi connectivity index (χ0v) is 30.5. The molecular formula is C52H39N. The van der Waals surface area contributed by atoms with Gasteiger partial charge in [-0.15, -0.1) is 0 Å². The van der Waals surface area contributed by atoms with Crippen LogP contribution in [0.1, 0.15) is 49.9 Å². The third kappa shape index (κ3) is 4.20. The van der Waals surface area contributed by atoms with E-state index in [9.17, 15) is 0 Å². The summed E-state index contributed by atoms with van der Waals surface area (Å²) in [5.41, 5.74) is 14.3. The molecule has 0 heterocycles. The second-order valence-corrected chi connectivity index (χ2v) is 16.2. The first-order valence-electron chi connectivity index (χ1n) is 18.8. The lowest BCUT2D eigenvalue weighted by Crippen LogP contribution is -2.16. The molecule has 0 saturated carbocycles. The highest BCUT2D eigenvalue weighted by atomic mass is 15.1. The van der Waals surface area contributed by atoms with Gasteiger partial charge >= 0.3 is 0 Å². The van der Waals surface area contributed by atoms with E-state index in [1.807, 2.05) is 0 Å². The van der Waals surface area contributed by atoms with Gasteiger partial charge in [0.05, 0.1) is 5.69 Å². The van der Waals surface area contributed by atoms with Crippen molar-refractivity contribution in [1.82, 2.24) is 0 Å². The van der Waals surface area contributed by atoms with Crippen molar-refractivity contribution in [2.75, 3.05) is 4.90 Å². The van der Waals surface area contributed by atoms with Crippen LogP contribution in [0.3, 0.4) is 0 Å². The van der Waals surface area contributed by atoms with Gasteiger partial charge in [0.25, 0.3) is 0 Å². The third-order valence-corrected chi connectivity index (χ3v) is 12.5. The Morgan fingerprint density at radius 2 is 0.925 bits per heavy atom. The van der Waals surface area contributed by atoms with Crippen LogP contribution in [0.4, 0.5) is 17.1 Å². The smallest absolute Gasteiger partial charge is 0.0546 e. The third-order valence-electron chi connectivity index (χ3n) is 12.5. The van der Waals surface area contributed by atoms with E-state index in [2.05, 4.69) is 196 Å². The molecule has 0 saturated heterocycles. The first-order valence-corrected chi connectivity index (χ1v) is 18.8. The van der Waals surface area contributed by atoms with Crippen LogP contribution in [0.2, 0.25) is 0 Å².